The fourth-order valence-electron chi connectivity index (χ4n) is 4.94. The predicted molar refractivity (Wildman–Crippen MR) is 143 cm³/mol. The SMILES string of the molecule is C[C@H]1CCN(CCCc2ccc(Oc3c(C(=O)c4ccccc4C(F)(F)F)sc4cc(O)ccc34)cc2)C1. The van der Waals surface area contributed by atoms with Crippen LogP contribution in [0.5, 0.6) is 17.2 Å². The molecule has 2 heterocycles. The number of phenols is 1. The van der Waals surface area contributed by atoms with E-state index in [1.54, 1.807) is 6.07 Å². The molecule has 0 radical (unpaired) electrons. The molecule has 1 aromatic heterocycles. The second kappa shape index (κ2) is 10.8. The highest BCUT2D eigenvalue weighted by atomic mass is 32.1. The first kappa shape index (κ1) is 26.3. The van der Waals surface area contributed by atoms with Gasteiger partial charge < -0.3 is 14.7 Å². The summed E-state index contributed by atoms with van der Waals surface area (Å²) in [6, 6.07) is 16.9. The van der Waals surface area contributed by atoms with Gasteiger partial charge in [-0.25, -0.2) is 0 Å². The molecule has 0 amide bonds. The number of thiophene rings is 1. The van der Waals surface area contributed by atoms with Crippen molar-refractivity contribution < 1.29 is 27.8 Å². The minimum atomic E-state index is -4.68. The summed E-state index contributed by atoms with van der Waals surface area (Å²) in [6.45, 7) is 5.68. The Labute approximate surface area is 223 Å². The molecule has 1 atom stereocenters. The smallest absolute Gasteiger partial charge is 0.417 e. The van der Waals surface area contributed by atoms with Gasteiger partial charge in [-0.1, -0.05) is 37.3 Å². The molecule has 38 heavy (non-hydrogen) atoms. The molecule has 8 heteroatoms. The van der Waals surface area contributed by atoms with E-state index >= 15 is 0 Å². The Morgan fingerprint density at radius 3 is 2.58 bits per heavy atom. The minimum Gasteiger partial charge on any atom is -0.508 e. The number of hydrogen-bond acceptors (Lipinski definition) is 5. The fourth-order valence-corrected chi connectivity index (χ4v) is 6.06. The highest BCUT2D eigenvalue weighted by Crippen LogP contribution is 2.44. The number of phenolic OH excluding ortho intramolecular Hbond substituents is 1. The Bertz CT molecular complexity index is 1450. The van der Waals surface area contributed by atoms with Gasteiger partial charge in [-0.2, -0.15) is 13.2 Å². The van der Waals surface area contributed by atoms with Crippen LogP contribution in [0.3, 0.4) is 0 Å². The first-order valence-corrected chi connectivity index (χ1v) is 13.5. The molecule has 1 fully saturated rings. The maximum absolute atomic E-state index is 13.6. The van der Waals surface area contributed by atoms with Crippen LogP contribution in [-0.2, 0) is 12.6 Å². The second-order valence-electron chi connectivity index (χ2n) is 9.86. The number of halogens is 3. The second-order valence-corrected chi connectivity index (χ2v) is 10.9. The number of benzene rings is 3. The van der Waals surface area contributed by atoms with Crippen molar-refractivity contribution in [1.82, 2.24) is 4.90 Å². The van der Waals surface area contributed by atoms with Gasteiger partial charge in [0.1, 0.15) is 16.4 Å². The van der Waals surface area contributed by atoms with E-state index in [9.17, 15) is 23.1 Å². The molecule has 1 aliphatic rings. The first-order valence-electron chi connectivity index (χ1n) is 12.6. The molecular formula is C30H28F3NO3S. The maximum atomic E-state index is 13.6. The van der Waals surface area contributed by atoms with Crippen LogP contribution in [-0.4, -0.2) is 35.4 Å². The Morgan fingerprint density at radius 2 is 1.87 bits per heavy atom. The summed E-state index contributed by atoms with van der Waals surface area (Å²) in [5.74, 6) is 0.646. The van der Waals surface area contributed by atoms with Crippen LogP contribution in [0, 0.1) is 5.92 Å². The van der Waals surface area contributed by atoms with Crippen LogP contribution in [0.4, 0.5) is 13.2 Å². The molecule has 5 rings (SSSR count). The van der Waals surface area contributed by atoms with Gasteiger partial charge in [-0.05, 0) is 80.2 Å². The molecule has 1 N–H and O–H groups in total. The number of fused-ring (bicyclic) bond motifs is 1. The van der Waals surface area contributed by atoms with Crippen LogP contribution in [0.25, 0.3) is 10.1 Å². The number of likely N-dealkylation sites (tertiary alicyclic amines) is 1. The highest BCUT2D eigenvalue weighted by Gasteiger charge is 2.36. The average molecular weight is 540 g/mol. The number of ether oxygens (including phenoxy) is 1. The number of carbonyl (C=O) groups excluding carboxylic acids is 1. The van der Waals surface area contributed by atoms with E-state index < -0.39 is 23.1 Å². The molecule has 0 spiro atoms. The lowest BCUT2D eigenvalue weighted by molar-refractivity contribution is -0.137. The third-order valence-electron chi connectivity index (χ3n) is 6.90. The Morgan fingerprint density at radius 1 is 1.11 bits per heavy atom. The van der Waals surface area contributed by atoms with Crippen LogP contribution in [0.15, 0.2) is 66.7 Å². The fraction of sp³-hybridized carbons (Fsp3) is 0.300. The molecule has 4 nitrogen and oxygen atoms in total. The number of aryl methyl sites for hydroxylation is 1. The monoisotopic (exact) mass is 539 g/mol. The van der Waals surface area contributed by atoms with E-state index in [4.69, 9.17) is 4.74 Å². The molecule has 0 unspecified atom stereocenters. The summed E-state index contributed by atoms with van der Waals surface area (Å²) >= 11 is 0.999. The molecule has 0 bridgehead atoms. The van der Waals surface area contributed by atoms with Crippen LogP contribution >= 0.6 is 11.3 Å². The molecule has 0 saturated carbocycles. The topological polar surface area (TPSA) is 49.8 Å². The zero-order chi connectivity index (χ0) is 26.9. The van der Waals surface area contributed by atoms with Crippen molar-refractivity contribution in [2.75, 3.05) is 19.6 Å². The van der Waals surface area contributed by atoms with Crippen molar-refractivity contribution in [2.24, 2.45) is 5.92 Å². The quantitative estimate of drug-likeness (QED) is 0.231. The lowest BCUT2D eigenvalue weighted by Crippen LogP contribution is -2.21. The van der Waals surface area contributed by atoms with Gasteiger partial charge in [-0.3, -0.25) is 4.79 Å². The van der Waals surface area contributed by atoms with E-state index in [-0.39, 0.29) is 16.4 Å². The van der Waals surface area contributed by atoms with Crippen molar-refractivity contribution >= 4 is 27.2 Å². The van der Waals surface area contributed by atoms with Gasteiger partial charge in [0, 0.05) is 22.2 Å². The summed E-state index contributed by atoms with van der Waals surface area (Å²) in [7, 11) is 0. The van der Waals surface area contributed by atoms with Crippen molar-refractivity contribution in [3.8, 4) is 17.2 Å². The summed E-state index contributed by atoms with van der Waals surface area (Å²) in [5, 5.41) is 10.5. The third kappa shape index (κ3) is 5.71. The number of rotatable bonds is 8. The Hall–Kier alpha value is -3.36. The molecule has 1 aliphatic heterocycles. The van der Waals surface area contributed by atoms with E-state index in [1.165, 1.54) is 42.3 Å². The van der Waals surface area contributed by atoms with Crippen LogP contribution in [0.2, 0.25) is 0 Å². The number of alkyl halides is 3. The lowest BCUT2D eigenvalue weighted by atomic mass is 10.0. The Kier molecular flexibility index (Phi) is 7.45. The molecular weight excluding hydrogens is 511 g/mol. The van der Waals surface area contributed by atoms with E-state index in [1.807, 2.05) is 24.3 Å². The van der Waals surface area contributed by atoms with Crippen LogP contribution in [0.1, 0.15) is 46.1 Å². The van der Waals surface area contributed by atoms with E-state index in [0.717, 1.165) is 55.8 Å². The highest BCUT2D eigenvalue weighted by molar-refractivity contribution is 7.21. The van der Waals surface area contributed by atoms with Gasteiger partial charge in [0.25, 0.3) is 0 Å². The minimum absolute atomic E-state index is 0.00673. The van der Waals surface area contributed by atoms with E-state index in [2.05, 4.69) is 11.8 Å². The van der Waals surface area contributed by atoms with Crippen molar-refractivity contribution in [1.29, 1.82) is 0 Å². The molecule has 198 valence electrons. The normalized spacial score (nSPS) is 16.3. The summed E-state index contributed by atoms with van der Waals surface area (Å²) < 4.78 is 47.6. The van der Waals surface area contributed by atoms with Gasteiger partial charge in [-0.15, -0.1) is 11.3 Å². The van der Waals surface area contributed by atoms with E-state index in [0.29, 0.717) is 15.8 Å². The van der Waals surface area contributed by atoms with Gasteiger partial charge in [0.05, 0.1) is 5.56 Å². The number of hydrogen-bond donors (Lipinski definition) is 1. The number of aromatic hydroxyl groups is 1. The largest absolute Gasteiger partial charge is 0.508 e. The van der Waals surface area contributed by atoms with Gasteiger partial charge >= 0.3 is 6.18 Å². The zero-order valence-corrected chi connectivity index (χ0v) is 21.7. The first-order chi connectivity index (χ1) is 18.2. The molecule has 0 aliphatic carbocycles. The zero-order valence-electron chi connectivity index (χ0n) is 20.9. The number of carbonyl (C=O) groups is 1. The lowest BCUT2D eigenvalue weighted by Gasteiger charge is -2.15. The summed E-state index contributed by atoms with van der Waals surface area (Å²) in [4.78, 5) is 16.0. The van der Waals surface area contributed by atoms with Crippen LogP contribution < -0.4 is 4.74 Å². The van der Waals surface area contributed by atoms with Gasteiger partial charge in [0.15, 0.2) is 5.75 Å². The Balaban J connectivity index is 1.40. The third-order valence-corrected chi connectivity index (χ3v) is 8.04. The van der Waals surface area contributed by atoms with Crippen molar-refractivity contribution in [3.05, 3.63) is 88.3 Å². The standard InChI is InChI=1S/C30H28F3NO3S/c1-19-14-16-34(18-19)15-4-5-20-8-11-22(12-9-20)37-28-24-13-10-21(35)17-26(24)38-29(28)27(36)23-6-2-3-7-25(23)30(31,32)33/h2-3,6-13,17,19,35H,4-5,14-16,18H2,1H3/t19-/m0/s1. The summed E-state index contributed by atoms with van der Waals surface area (Å²) in [6.07, 6.45) is -1.42. The van der Waals surface area contributed by atoms with Crippen molar-refractivity contribution in [2.45, 2.75) is 32.4 Å². The number of nitrogens with zero attached hydrogens (tertiary/aromatic N) is 1. The maximum Gasteiger partial charge on any atom is 0.417 e. The van der Waals surface area contributed by atoms with Crippen molar-refractivity contribution in [3.63, 3.8) is 0 Å². The molecule has 1 saturated heterocycles. The van der Waals surface area contributed by atoms with Gasteiger partial charge in [0.2, 0.25) is 5.78 Å². The molecule has 4 aromatic rings. The number of ketones is 1. The predicted octanol–water partition coefficient (Wildman–Crippen LogP) is 7.92. The average Bonchev–Trinajstić information content (AvgIpc) is 3.46. The summed E-state index contributed by atoms with van der Waals surface area (Å²) in [5.41, 5.74) is -0.271. The molecule has 3 aromatic carbocycles.